The van der Waals surface area contributed by atoms with Crippen molar-refractivity contribution in [3.63, 3.8) is 0 Å². The number of halogens is 1. The van der Waals surface area contributed by atoms with Crippen LogP contribution < -0.4 is 20.1 Å². The van der Waals surface area contributed by atoms with Gasteiger partial charge in [0.25, 0.3) is 5.91 Å². The van der Waals surface area contributed by atoms with E-state index in [9.17, 15) is 4.79 Å². The minimum atomic E-state index is -0.457. The van der Waals surface area contributed by atoms with Crippen molar-refractivity contribution in [1.82, 2.24) is 5.32 Å². The molecule has 0 saturated carbocycles. The van der Waals surface area contributed by atoms with Gasteiger partial charge in [0, 0.05) is 24.8 Å². The molecule has 1 atom stereocenters. The molecule has 0 radical (unpaired) electrons. The lowest BCUT2D eigenvalue weighted by atomic mass is 10.2. The average molecular weight is 317 g/mol. The van der Waals surface area contributed by atoms with Gasteiger partial charge >= 0.3 is 0 Å². The van der Waals surface area contributed by atoms with Crippen molar-refractivity contribution < 1.29 is 19.0 Å². The third-order valence-electron chi connectivity index (χ3n) is 2.95. The maximum atomic E-state index is 12.0. The van der Waals surface area contributed by atoms with Crippen LogP contribution >= 0.6 is 12.4 Å². The zero-order valence-electron chi connectivity index (χ0n) is 12.2. The van der Waals surface area contributed by atoms with Gasteiger partial charge in [-0.3, -0.25) is 4.79 Å². The molecule has 118 valence electrons. The number of amides is 1. The minimum absolute atomic E-state index is 0. The molecular formula is C14H21ClN2O4. The number of hydrogen-bond donors (Lipinski definition) is 2. The molecule has 1 unspecified atom stereocenters. The molecular weight excluding hydrogens is 296 g/mol. The molecule has 1 aromatic carbocycles. The van der Waals surface area contributed by atoms with E-state index in [1.165, 1.54) is 0 Å². The molecule has 1 fully saturated rings. The van der Waals surface area contributed by atoms with Crippen molar-refractivity contribution in [2.75, 3.05) is 38.7 Å². The van der Waals surface area contributed by atoms with Gasteiger partial charge in [0.15, 0.2) is 11.5 Å². The molecule has 1 aromatic rings. The largest absolute Gasteiger partial charge is 0.493 e. The van der Waals surface area contributed by atoms with Crippen LogP contribution in [0.1, 0.15) is 6.92 Å². The number of morpholine rings is 1. The Morgan fingerprint density at radius 1 is 1.48 bits per heavy atom. The maximum Gasteiger partial charge on any atom is 0.254 e. The molecule has 1 aliphatic rings. The number of carbonyl (C=O) groups is 1. The number of carbonyl (C=O) groups excluding carboxylic acids is 1. The Morgan fingerprint density at radius 2 is 2.29 bits per heavy atom. The SMILES string of the molecule is CCOc1cc(NC(=O)C2CNCCO2)ccc1OC.Cl. The minimum Gasteiger partial charge on any atom is -0.493 e. The highest BCUT2D eigenvalue weighted by molar-refractivity contribution is 5.94. The number of hydrogen-bond acceptors (Lipinski definition) is 5. The molecule has 2 rings (SSSR count). The summed E-state index contributed by atoms with van der Waals surface area (Å²) in [4.78, 5) is 12.0. The zero-order chi connectivity index (χ0) is 14.4. The van der Waals surface area contributed by atoms with Crippen LogP contribution in [0.5, 0.6) is 11.5 Å². The monoisotopic (exact) mass is 316 g/mol. The first-order chi connectivity index (χ1) is 9.74. The van der Waals surface area contributed by atoms with E-state index in [-0.39, 0.29) is 18.3 Å². The molecule has 7 heteroatoms. The normalized spacial score (nSPS) is 17.5. The maximum absolute atomic E-state index is 12.0. The number of ether oxygens (including phenoxy) is 3. The number of methoxy groups -OCH3 is 1. The van der Waals surface area contributed by atoms with Crippen molar-refractivity contribution in [2.45, 2.75) is 13.0 Å². The van der Waals surface area contributed by atoms with E-state index in [4.69, 9.17) is 14.2 Å². The summed E-state index contributed by atoms with van der Waals surface area (Å²) in [5, 5.41) is 5.94. The Kier molecular flexibility index (Phi) is 7.28. The lowest BCUT2D eigenvalue weighted by Gasteiger charge is -2.22. The first-order valence-corrected chi connectivity index (χ1v) is 6.68. The van der Waals surface area contributed by atoms with E-state index in [1.54, 1.807) is 25.3 Å². The van der Waals surface area contributed by atoms with Crippen LogP contribution in [-0.4, -0.2) is 45.4 Å². The van der Waals surface area contributed by atoms with Crippen LogP contribution in [0.2, 0.25) is 0 Å². The first kappa shape index (κ1) is 17.6. The van der Waals surface area contributed by atoms with Crippen molar-refractivity contribution >= 4 is 24.0 Å². The van der Waals surface area contributed by atoms with E-state index in [2.05, 4.69) is 10.6 Å². The zero-order valence-corrected chi connectivity index (χ0v) is 13.0. The number of nitrogens with one attached hydrogen (secondary N) is 2. The Balaban J connectivity index is 0.00000220. The predicted octanol–water partition coefficient (Wildman–Crippen LogP) is 1.44. The fourth-order valence-electron chi connectivity index (χ4n) is 1.98. The quantitative estimate of drug-likeness (QED) is 0.860. The molecule has 0 aromatic heterocycles. The summed E-state index contributed by atoms with van der Waals surface area (Å²) >= 11 is 0. The van der Waals surface area contributed by atoms with Crippen molar-refractivity contribution in [2.24, 2.45) is 0 Å². The van der Waals surface area contributed by atoms with Crippen molar-refractivity contribution in [1.29, 1.82) is 0 Å². The van der Waals surface area contributed by atoms with Gasteiger partial charge < -0.3 is 24.8 Å². The highest BCUT2D eigenvalue weighted by atomic mass is 35.5. The number of rotatable bonds is 5. The fourth-order valence-corrected chi connectivity index (χ4v) is 1.98. The molecule has 1 heterocycles. The van der Waals surface area contributed by atoms with Gasteiger partial charge in [-0.05, 0) is 19.1 Å². The van der Waals surface area contributed by atoms with E-state index in [0.29, 0.717) is 36.9 Å². The highest BCUT2D eigenvalue weighted by Gasteiger charge is 2.22. The van der Waals surface area contributed by atoms with Crippen molar-refractivity contribution in [3.8, 4) is 11.5 Å². The molecule has 0 bridgehead atoms. The second-order valence-electron chi connectivity index (χ2n) is 4.35. The Labute approximate surface area is 130 Å². The number of anilines is 1. The summed E-state index contributed by atoms with van der Waals surface area (Å²) in [6, 6.07) is 5.28. The van der Waals surface area contributed by atoms with Crippen LogP contribution in [-0.2, 0) is 9.53 Å². The lowest BCUT2D eigenvalue weighted by molar-refractivity contribution is -0.128. The molecule has 0 spiro atoms. The Hall–Kier alpha value is -1.50. The molecule has 1 amide bonds. The van der Waals surface area contributed by atoms with Gasteiger partial charge in [0.1, 0.15) is 6.10 Å². The summed E-state index contributed by atoms with van der Waals surface area (Å²) in [5.41, 5.74) is 0.661. The third kappa shape index (κ3) is 4.77. The van der Waals surface area contributed by atoms with Gasteiger partial charge in [-0.25, -0.2) is 0 Å². The first-order valence-electron chi connectivity index (χ1n) is 6.68. The third-order valence-corrected chi connectivity index (χ3v) is 2.95. The summed E-state index contributed by atoms with van der Waals surface area (Å²) in [6.07, 6.45) is -0.457. The van der Waals surface area contributed by atoms with E-state index < -0.39 is 6.10 Å². The summed E-state index contributed by atoms with van der Waals surface area (Å²) in [6.45, 7) is 4.28. The standard InChI is InChI=1S/C14H20N2O4.ClH/c1-3-19-12-8-10(4-5-11(12)18-2)16-14(17)13-9-15-6-7-20-13;/h4-5,8,13,15H,3,6-7,9H2,1-2H3,(H,16,17);1H. The highest BCUT2D eigenvalue weighted by Crippen LogP contribution is 2.30. The molecule has 2 N–H and O–H groups in total. The summed E-state index contributed by atoms with van der Waals surface area (Å²) in [7, 11) is 1.58. The van der Waals surface area contributed by atoms with Gasteiger partial charge in [-0.2, -0.15) is 0 Å². The van der Waals surface area contributed by atoms with Crippen molar-refractivity contribution in [3.05, 3.63) is 18.2 Å². The van der Waals surface area contributed by atoms with Crippen LogP contribution in [0.15, 0.2) is 18.2 Å². The van der Waals surface area contributed by atoms with Gasteiger partial charge in [0.2, 0.25) is 0 Å². The van der Waals surface area contributed by atoms with Crippen LogP contribution in [0.3, 0.4) is 0 Å². The molecule has 0 aliphatic carbocycles. The topological polar surface area (TPSA) is 68.8 Å². The lowest BCUT2D eigenvalue weighted by Crippen LogP contribution is -2.45. The molecule has 1 saturated heterocycles. The molecule has 1 aliphatic heterocycles. The molecule has 21 heavy (non-hydrogen) atoms. The average Bonchev–Trinajstić information content (AvgIpc) is 2.49. The van der Waals surface area contributed by atoms with Gasteiger partial charge in [0.05, 0.1) is 20.3 Å². The second-order valence-corrected chi connectivity index (χ2v) is 4.35. The summed E-state index contributed by atoms with van der Waals surface area (Å²) < 4.78 is 16.1. The molecule has 6 nitrogen and oxygen atoms in total. The predicted molar refractivity (Wildman–Crippen MR) is 82.7 cm³/mol. The van der Waals surface area contributed by atoms with Crippen LogP contribution in [0, 0.1) is 0 Å². The fraction of sp³-hybridized carbons (Fsp3) is 0.500. The van der Waals surface area contributed by atoms with Crippen LogP contribution in [0.25, 0.3) is 0 Å². The Bertz CT molecular complexity index is 464. The van der Waals surface area contributed by atoms with Gasteiger partial charge in [-0.15, -0.1) is 12.4 Å². The van der Waals surface area contributed by atoms with E-state index >= 15 is 0 Å². The van der Waals surface area contributed by atoms with Crippen LogP contribution in [0.4, 0.5) is 5.69 Å². The van der Waals surface area contributed by atoms with Gasteiger partial charge in [-0.1, -0.05) is 0 Å². The van der Waals surface area contributed by atoms with E-state index in [1.807, 2.05) is 6.92 Å². The smallest absolute Gasteiger partial charge is 0.254 e. The Morgan fingerprint density at radius 3 is 2.90 bits per heavy atom. The summed E-state index contributed by atoms with van der Waals surface area (Å²) in [5.74, 6) is 1.08. The number of benzene rings is 1. The second kappa shape index (κ2) is 8.71. The van der Waals surface area contributed by atoms with E-state index in [0.717, 1.165) is 6.54 Å².